The molecule has 1 heterocycles. The molecule has 1 atom stereocenters. The Kier molecular flexibility index (Phi) is 4.58. The summed E-state index contributed by atoms with van der Waals surface area (Å²) in [6.45, 7) is 7.77. The largest absolute Gasteiger partial charge is 0.365 e. The molecule has 1 aliphatic heterocycles. The molecule has 0 aromatic rings. The SMILES string of the molecule is CC(C)CCCNC(=O)C1(C)CCCO1. The Labute approximate surface area is 92.6 Å². The number of nitrogens with one attached hydrogen (secondary N) is 1. The van der Waals surface area contributed by atoms with E-state index in [9.17, 15) is 4.79 Å². The molecule has 1 rings (SSSR count). The Balaban J connectivity index is 2.18. The monoisotopic (exact) mass is 213 g/mol. The van der Waals surface area contributed by atoms with Gasteiger partial charge in [0.1, 0.15) is 5.60 Å². The van der Waals surface area contributed by atoms with Crippen LogP contribution in [-0.2, 0) is 9.53 Å². The minimum absolute atomic E-state index is 0.0590. The maximum absolute atomic E-state index is 11.8. The molecule has 0 spiro atoms. The van der Waals surface area contributed by atoms with Crippen LogP contribution in [0.2, 0.25) is 0 Å². The van der Waals surface area contributed by atoms with E-state index < -0.39 is 5.60 Å². The summed E-state index contributed by atoms with van der Waals surface area (Å²) in [7, 11) is 0. The fraction of sp³-hybridized carbons (Fsp3) is 0.917. The third-order valence-corrected chi connectivity index (χ3v) is 2.94. The maximum Gasteiger partial charge on any atom is 0.251 e. The van der Waals surface area contributed by atoms with Crippen molar-refractivity contribution >= 4 is 5.91 Å². The lowest BCUT2D eigenvalue weighted by Crippen LogP contribution is -2.44. The van der Waals surface area contributed by atoms with E-state index in [1.807, 2.05) is 6.92 Å². The van der Waals surface area contributed by atoms with Crippen molar-refractivity contribution in [3.8, 4) is 0 Å². The van der Waals surface area contributed by atoms with Gasteiger partial charge in [-0.15, -0.1) is 0 Å². The van der Waals surface area contributed by atoms with Gasteiger partial charge in [-0.05, 0) is 38.5 Å². The highest BCUT2D eigenvalue weighted by Crippen LogP contribution is 2.24. The van der Waals surface area contributed by atoms with Gasteiger partial charge in [0.25, 0.3) is 5.91 Å². The van der Waals surface area contributed by atoms with Gasteiger partial charge in [0.15, 0.2) is 0 Å². The highest BCUT2D eigenvalue weighted by molar-refractivity contribution is 5.84. The molecule has 0 aliphatic carbocycles. The van der Waals surface area contributed by atoms with Gasteiger partial charge in [-0.25, -0.2) is 0 Å². The van der Waals surface area contributed by atoms with Gasteiger partial charge in [-0.3, -0.25) is 4.79 Å². The number of amides is 1. The number of rotatable bonds is 5. The van der Waals surface area contributed by atoms with Crippen LogP contribution in [-0.4, -0.2) is 24.7 Å². The van der Waals surface area contributed by atoms with Crippen molar-refractivity contribution in [3.63, 3.8) is 0 Å². The molecule has 1 amide bonds. The van der Waals surface area contributed by atoms with E-state index in [2.05, 4.69) is 19.2 Å². The van der Waals surface area contributed by atoms with Crippen molar-refractivity contribution in [2.24, 2.45) is 5.92 Å². The Morgan fingerprint density at radius 1 is 1.53 bits per heavy atom. The summed E-state index contributed by atoms with van der Waals surface area (Å²) in [6.07, 6.45) is 4.07. The van der Waals surface area contributed by atoms with E-state index in [4.69, 9.17) is 4.74 Å². The van der Waals surface area contributed by atoms with E-state index in [0.29, 0.717) is 5.92 Å². The molecule has 3 heteroatoms. The molecule has 15 heavy (non-hydrogen) atoms. The smallest absolute Gasteiger partial charge is 0.251 e. The second kappa shape index (κ2) is 5.50. The number of hydrogen-bond acceptors (Lipinski definition) is 2. The molecule has 1 N–H and O–H groups in total. The highest BCUT2D eigenvalue weighted by Gasteiger charge is 2.37. The zero-order chi connectivity index (χ0) is 11.3. The molecule has 0 saturated carbocycles. The first-order valence-corrected chi connectivity index (χ1v) is 5.97. The first kappa shape index (κ1) is 12.5. The predicted octanol–water partition coefficient (Wildman–Crippen LogP) is 2.11. The fourth-order valence-corrected chi connectivity index (χ4v) is 1.86. The minimum Gasteiger partial charge on any atom is -0.365 e. The molecule has 0 radical (unpaired) electrons. The van der Waals surface area contributed by atoms with Crippen LogP contribution in [0.1, 0.15) is 46.5 Å². The van der Waals surface area contributed by atoms with Gasteiger partial charge in [0.2, 0.25) is 0 Å². The van der Waals surface area contributed by atoms with Gasteiger partial charge in [-0.1, -0.05) is 13.8 Å². The molecule has 1 saturated heterocycles. The molecule has 3 nitrogen and oxygen atoms in total. The first-order valence-electron chi connectivity index (χ1n) is 5.97. The van der Waals surface area contributed by atoms with Crippen molar-refractivity contribution < 1.29 is 9.53 Å². The predicted molar refractivity (Wildman–Crippen MR) is 60.7 cm³/mol. The Hall–Kier alpha value is -0.570. The van der Waals surface area contributed by atoms with Crippen LogP contribution in [0.3, 0.4) is 0 Å². The lowest BCUT2D eigenvalue weighted by atomic mass is 10.0. The summed E-state index contributed by atoms with van der Waals surface area (Å²) < 4.78 is 5.47. The maximum atomic E-state index is 11.8. The van der Waals surface area contributed by atoms with Gasteiger partial charge in [-0.2, -0.15) is 0 Å². The van der Waals surface area contributed by atoms with Crippen LogP contribution in [0, 0.1) is 5.92 Å². The molecule has 1 fully saturated rings. The number of hydrogen-bond donors (Lipinski definition) is 1. The second-order valence-corrected chi connectivity index (χ2v) is 4.97. The third kappa shape index (κ3) is 3.82. The van der Waals surface area contributed by atoms with Crippen LogP contribution in [0.5, 0.6) is 0 Å². The summed E-state index contributed by atoms with van der Waals surface area (Å²) >= 11 is 0. The number of carbonyl (C=O) groups is 1. The quantitative estimate of drug-likeness (QED) is 0.710. The molecule has 88 valence electrons. The Bertz CT molecular complexity index is 208. The molecule has 1 unspecified atom stereocenters. The van der Waals surface area contributed by atoms with Crippen molar-refractivity contribution in [2.45, 2.75) is 52.1 Å². The molecular weight excluding hydrogens is 190 g/mol. The molecule has 0 aromatic heterocycles. The molecule has 1 aliphatic rings. The third-order valence-electron chi connectivity index (χ3n) is 2.94. The molecule has 0 bridgehead atoms. The molecular formula is C12H23NO2. The van der Waals surface area contributed by atoms with Gasteiger partial charge < -0.3 is 10.1 Å². The minimum atomic E-state index is -0.558. The second-order valence-electron chi connectivity index (χ2n) is 4.97. The summed E-state index contributed by atoms with van der Waals surface area (Å²) in [5, 5.41) is 2.96. The number of ether oxygens (including phenoxy) is 1. The lowest BCUT2D eigenvalue weighted by Gasteiger charge is -2.21. The van der Waals surface area contributed by atoms with E-state index >= 15 is 0 Å². The van der Waals surface area contributed by atoms with Crippen LogP contribution >= 0.6 is 0 Å². The summed E-state index contributed by atoms with van der Waals surface area (Å²) in [5.74, 6) is 0.768. The lowest BCUT2D eigenvalue weighted by molar-refractivity contribution is -0.139. The van der Waals surface area contributed by atoms with Crippen LogP contribution in [0.15, 0.2) is 0 Å². The standard InChI is InChI=1S/C12H23NO2/c1-10(2)6-4-8-13-11(14)12(3)7-5-9-15-12/h10H,4-9H2,1-3H3,(H,13,14). The van der Waals surface area contributed by atoms with Crippen molar-refractivity contribution in [3.05, 3.63) is 0 Å². The van der Waals surface area contributed by atoms with Crippen LogP contribution in [0.25, 0.3) is 0 Å². The van der Waals surface area contributed by atoms with Crippen LogP contribution < -0.4 is 5.32 Å². The van der Waals surface area contributed by atoms with Crippen LogP contribution in [0.4, 0.5) is 0 Å². The van der Waals surface area contributed by atoms with E-state index in [1.54, 1.807) is 0 Å². The van der Waals surface area contributed by atoms with Crippen molar-refractivity contribution in [1.29, 1.82) is 0 Å². The van der Waals surface area contributed by atoms with Gasteiger partial charge in [0.05, 0.1) is 0 Å². The average molecular weight is 213 g/mol. The van der Waals surface area contributed by atoms with E-state index in [-0.39, 0.29) is 5.91 Å². The topological polar surface area (TPSA) is 38.3 Å². The van der Waals surface area contributed by atoms with Gasteiger partial charge >= 0.3 is 0 Å². The zero-order valence-electron chi connectivity index (χ0n) is 10.1. The van der Waals surface area contributed by atoms with E-state index in [1.165, 1.54) is 0 Å². The fourth-order valence-electron chi connectivity index (χ4n) is 1.86. The summed E-state index contributed by atoms with van der Waals surface area (Å²) in [6, 6.07) is 0. The van der Waals surface area contributed by atoms with Gasteiger partial charge in [0, 0.05) is 13.2 Å². The Morgan fingerprint density at radius 2 is 2.27 bits per heavy atom. The van der Waals surface area contributed by atoms with Crippen molar-refractivity contribution in [1.82, 2.24) is 5.32 Å². The normalized spacial score (nSPS) is 25.9. The highest BCUT2D eigenvalue weighted by atomic mass is 16.5. The summed E-state index contributed by atoms with van der Waals surface area (Å²) in [5.41, 5.74) is -0.558. The number of carbonyl (C=O) groups excluding carboxylic acids is 1. The summed E-state index contributed by atoms with van der Waals surface area (Å²) in [4.78, 5) is 11.8. The Morgan fingerprint density at radius 3 is 2.80 bits per heavy atom. The first-order chi connectivity index (χ1) is 7.04. The van der Waals surface area contributed by atoms with Crippen molar-refractivity contribution in [2.75, 3.05) is 13.2 Å². The zero-order valence-corrected chi connectivity index (χ0v) is 10.1. The molecule has 0 aromatic carbocycles. The average Bonchev–Trinajstić information content (AvgIpc) is 2.60. The van der Waals surface area contributed by atoms with E-state index in [0.717, 1.165) is 38.8 Å².